The first-order valence-corrected chi connectivity index (χ1v) is 12.1. The maximum atomic E-state index is 13.0. The maximum absolute atomic E-state index is 13.0. The van der Waals surface area contributed by atoms with Gasteiger partial charge in [-0.1, -0.05) is 6.92 Å². The van der Waals surface area contributed by atoms with Gasteiger partial charge in [-0.2, -0.15) is 0 Å². The SMILES string of the molecule is COc1ccc(OCCNS(=O)(=O)c2ccc(OC)c(C(=O)N3CCC(C)CC3)c2)cc1. The van der Waals surface area contributed by atoms with Gasteiger partial charge in [0.25, 0.3) is 5.91 Å². The smallest absolute Gasteiger partial charge is 0.257 e. The molecule has 8 nitrogen and oxygen atoms in total. The van der Waals surface area contributed by atoms with Crippen molar-refractivity contribution >= 4 is 15.9 Å². The van der Waals surface area contributed by atoms with Crippen LogP contribution in [0.25, 0.3) is 0 Å². The maximum Gasteiger partial charge on any atom is 0.257 e. The van der Waals surface area contributed by atoms with Crippen molar-refractivity contribution in [1.82, 2.24) is 9.62 Å². The lowest BCUT2D eigenvalue weighted by Gasteiger charge is -2.30. The van der Waals surface area contributed by atoms with Gasteiger partial charge in [0.15, 0.2) is 0 Å². The second kappa shape index (κ2) is 10.7. The van der Waals surface area contributed by atoms with Gasteiger partial charge in [0.1, 0.15) is 23.9 Å². The number of methoxy groups -OCH3 is 2. The van der Waals surface area contributed by atoms with E-state index < -0.39 is 10.0 Å². The highest BCUT2D eigenvalue weighted by Gasteiger charge is 2.26. The van der Waals surface area contributed by atoms with E-state index in [-0.39, 0.29) is 29.5 Å². The summed E-state index contributed by atoms with van der Waals surface area (Å²) in [7, 11) is -0.777. The van der Waals surface area contributed by atoms with Crippen LogP contribution in [-0.4, -0.2) is 59.7 Å². The van der Waals surface area contributed by atoms with Crippen LogP contribution in [-0.2, 0) is 10.0 Å². The largest absolute Gasteiger partial charge is 0.497 e. The molecule has 0 radical (unpaired) electrons. The fourth-order valence-corrected chi connectivity index (χ4v) is 4.54. The zero-order valence-electron chi connectivity index (χ0n) is 18.7. The van der Waals surface area contributed by atoms with Gasteiger partial charge < -0.3 is 19.1 Å². The molecule has 1 amide bonds. The molecule has 0 atom stereocenters. The van der Waals surface area contributed by atoms with E-state index in [0.717, 1.165) is 12.8 Å². The summed E-state index contributed by atoms with van der Waals surface area (Å²) in [5.41, 5.74) is 0.249. The molecular weight excluding hydrogens is 432 g/mol. The molecule has 1 N–H and O–H groups in total. The fourth-order valence-electron chi connectivity index (χ4n) is 3.50. The number of sulfonamides is 1. The van der Waals surface area contributed by atoms with Crippen molar-refractivity contribution in [2.75, 3.05) is 40.5 Å². The monoisotopic (exact) mass is 462 g/mol. The second-order valence-corrected chi connectivity index (χ2v) is 9.53. The van der Waals surface area contributed by atoms with Gasteiger partial charge in [-0.15, -0.1) is 0 Å². The Hall–Kier alpha value is -2.78. The molecule has 2 aromatic carbocycles. The molecule has 0 aromatic heterocycles. The van der Waals surface area contributed by atoms with Crippen molar-refractivity contribution in [2.24, 2.45) is 5.92 Å². The van der Waals surface area contributed by atoms with Gasteiger partial charge in [-0.25, -0.2) is 13.1 Å². The number of hydrogen-bond acceptors (Lipinski definition) is 6. The average Bonchev–Trinajstić information content (AvgIpc) is 2.82. The average molecular weight is 463 g/mol. The van der Waals surface area contributed by atoms with E-state index in [1.165, 1.54) is 25.3 Å². The quantitative estimate of drug-likeness (QED) is 0.576. The van der Waals surface area contributed by atoms with Crippen LogP contribution in [0.15, 0.2) is 47.4 Å². The lowest BCUT2D eigenvalue weighted by Crippen LogP contribution is -2.38. The molecule has 0 aliphatic carbocycles. The standard InChI is InChI=1S/C23H30N2O6S/c1-17-10-13-25(14-11-17)23(26)21-16-20(8-9-22(21)30-3)32(27,28)24-12-15-31-19-6-4-18(29-2)5-7-19/h4-9,16-17,24H,10-15H2,1-3H3. The minimum atomic E-state index is -3.82. The van der Waals surface area contributed by atoms with Crippen LogP contribution in [0.1, 0.15) is 30.1 Å². The minimum Gasteiger partial charge on any atom is -0.497 e. The summed E-state index contributed by atoms with van der Waals surface area (Å²) < 4.78 is 44.0. The Morgan fingerprint density at radius 1 is 1.03 bits per heavy atom. The van der Waals surface area contributed by atoms with E-state index in [1.807, 2.05) is 0 Å². The van der Waals surface area contributed by atoms with Gasteiger partial charge in [-0.05, 0) is 61.2 Å². The zero-order valence-corrected chi connectivity index (χ0v) is 19.5. The number of rotatable bonds is 9. The highest BCUT2D eigenvalue weighted by Crippen LogP contribution is 2.26. The number of piperidine rings is 1. The Bertz CT molecular complexity index is 1020. The minimum absolute atomic E-state index is 0.0106. The lowest BCUT2D eigenvalue weighted by atomic mass is 9.98. The van der Waals surface area contributed by atoms with Crippen LogP contribution < -0.4 is 18.9 Å². The Morgan fingerprint density at radius 3 is 2.31 bits per heavy atom. The number of hydrogen-bond donors (Lipinski definition) is 1. The molecule has 0 unspecified atom stereocenters. The van der Waals surface area contributed by atoms with Gasteiger partial charge in [0, 0.05) is 19.6 Å². The van der Waals surface area contributed by atoms with Gasteiger partial charge >= 0.3 is 0 Å². The van der Waals surface area contributed by atoms with Crippen LogP contribution in [0.4, 0.5) is 0 Å². The Balaban J connectivity index is 1.64. The van der Waals surface area contributed by atoms with Crippen molar-refractivity contribution in [1.29, 1.82) is 0 Å². The Labute approximate surface area is 189 Å². The van der Waals surface area contributed by atoms with Crippen LogP contribution >= 0.6 is 0 Å². The van der Waals surface area contributed by atoms with Gasteiger partial charge in [-0.3, -0.25) is 4.79 Å². The predicted molar refractivity (Wildman–Crippen MR) is 121 cm³/mol. The Morgan fingerprint density at radius 2 is 1.69 bits per heavy atom. The summed E-state index contributed by atoms with van der Waals surface area (Å²) in [5, 5.41) is 0. The number of nitrogens with one attached hydrogen (secondary N) is 1. The number of nitrogens with zero attached hydrogens (tertiary/aromatic N) is 1. The van der Waals surface area contributed by atoms with E-state index in [1.54, 1.807) is 36.3 Å². The normalized spacial score (nSPS) is 14.8. The number of benzene rings is 2. The molecule has 1 fully saturated rings. The highest BCUT2D eigenvalue weighted by molar-refractivity contribution is 7.89. The molecule has 32 heavy (non-hydrogen) atoms. The molecule has 1 aliphatic rings. The number of likely N-dealkylation sites (tertiary alicyclic amines) is 1. The number of carbonyl (C=O) groups excluding carboxylic acids is 1. The summed E-state index contributed by atoms with van der Waals surface area (Å²) >= 11 is 0. The topological polar surface area (TPSA) is 94.2 Å². The molecule has 1 saturated heterocycles. The molecule has 3 rings (SSSR count). The van der Waals surface area contributed by atoms with Crippen molar-refractivity contribution in [3.63, 3.8) is 0 Å². The molecule has 0 bridgehead atoms. The van der Waals surface area contributed by atoms with Crippen LogP contribution in [0, 0.1) is 5.92 Å². The molecule has 1 heterocycles. The van der Waals surface area contributed by atoms with E-state index in [2.05, 4.69) is 11.6 Å². The van der Waals surface area contributed by atoms with Crippen LogP contribution in [0.2, 0.25) is 0 Å². The Kier molecular flexibility index (Phi) is 7.98. The first-order chi connectivity index (χ1) is 15.3. The van der Waals surface area contributed by atoms with Crippen molar-refractivity contribution in [2.45, 2.75) is 24.7 Å². The lowest BCUT2D eigenvalue weighted by molar-refractivity contribution is 0.0693. The van der Waals surface area contributed by atoms with Gasteiger partial charge in [0.05, 0.1) is 24.7 Å². The highest BCUT2D eigenvalue weighted by atomic mass is 32.2. The van der Waals surface area contributed by atoms with Gasteiger partial charge in [0.2, 0.25) is 10.0 Å². The van der Waals surface area contributed by atoms with Crippen molar-refractivity contribution in [3.05, 3.63) is 48.0 Å². The third-order valence-electron chi connectivity index (χ3n) is 5.50. The summed E-state index contributed by atoms with van der Waals surface area (Å²) in [6.45, 7) is 3.70. The van der Waals surface area contributed by atoms with E-state index in [9.17, 15) is 13.2 Å². The van der Waals surface area contributed by atoms with Crippen LogP contribution in [0.3, 0.4) is 0 Å². The third kappa shape index (κ3) is 5.92. The summed E-state index contributed by atoms with van der Waals surface area (Å²) in [5.74, 6) is 2.04. The second-order valence-electron chi connectivity index (χ2n) is 7.76. The number of carbonyl (C=O) groups is 1. The number of ether oxygens (including phenoxy) is 3. The molecule has 9 heteroatoms. The van der Waals surface area contributed by atoms with Crippen molar-refractivity contribution < 1.29 is 27.4 Å². The van der Waals surface area contributed by atoms with E-state index in [0.29, 0.717) is 36.3 Å². The molecule has 0 spiro atoms. The fraction of sp³-hybridized carbons (Fsp3) is 0.435. The molecule has 1 aliphatic heterocycles. The number of amides is 1. The molecular formula is C23H30N2O6S. The summed E-state index contributed by atoms with van der Waals surface area (Å²) in [6, 6.07) is 11.3. The van der Waals surface area contributed by atoms with Crippen molar-refractivity contribution in [3.8, 4) is 17.2 Å². The first-order valence-electron chi connectivity index (χ1n) is 10.6. The third-order valence-corrected chi connectivity index (χ3v) is 6.96. The zero-order chi connectivity index (χ0) is 23.1. The van der Waals surface area contributed by atoms with E-state index in [4.69, 9.17) is 14.2 Å². The first kappa shape index (κ1) is 23.9. The van der Waals surface area contributed by atoms with Crippen LogP contribution in [0.5, 0.6) is 17.2 Å². The molecule has 0 saturated carbocycles. The predicted octanol–water partition coefficient (Wildman–Crippen LogP) is 2.93. The molecule has 2 aromatic rings. The summed E-state index contributed by atoms with van der Waals surface area (Å²) in [6.07, 6.45) is 1.86. The molecule has 174 valence electrons. The summed E-state index contributed by atoms with van der Waals surface area (Å²) in [4.78, 5) is 14.8. The van der Waals surface area contributed by atoms with E-state index >= 15 is 0 Å².